The van der Waals surface area contributed by atoms with E-state index in [1.165, 1.54) is 9.75 Å². The third-order valence-corrected chi connectivity index (χ3v) is 3.96. The number of anilines is 1. The van der Waals surface area contributed by atoms with E-state index in [-0.39, 0.29) is 0 Å². The van der Waals surface area contributed by atoms with E-state index in [0.717, 1.165) is 12.1 Å². The first-order valence-corrected chi connectivity index (χ1v) is 7.54. The highest BCUT2D eigenvalue weighted by atomic mass is 32.1. The van der Waals surface area contributed by atoms with Gasteiger partial charge in [0.25, 0.3) is 0 Å². The van der Waals surface area contributed by atoms with Gasteiger partial charge in [0, 0.05) is 27.9 Å². The number of para-hydroxylation sites is 1. The van der Waals surface area contributed by atoms with Crippen LogP contribution in [0.25, 0.3) is 0 Å². The van der Waals surface area contributed by atoms with Crippen LogP contribution in [-0.4, -0.2) is 11.2 Å². The van der Waals surface area contributed by atoms with E-state index in [4.69, 9.17) is 12.2 Å². The standard InChI is InChI=1S/C15H18N2S2/c1-11(10-14-9-8-12(2)19-14)16-15(18)17-13-6-4-3-5-7-13/h3-9,11H,10H2,1-2H3,(H2,16,17,18). The van der Waals surface area contributed by atoms with E-state index in [1.807, 2.05) is 41.7 Å². The summed E-state index contributed by atoms with van der Waals surface area (Å²) in [6.07, 6.45) is 0.995. The Balaban J connectivity index is 1.82. The van der Waals surface area contributed by atoms with Gasteiger partial charge in [-0.15, -0.1) is 11.3 Å². The number of benzene rings is 1. The molecule has 0 saturated heterocycles. The van der Waals surface area contributed by atoms with Crippen LogP contribution in [0.4, 0.5) is 5.69 Å². The average molecular weight is 290 g/mol. The molecule has 1 aromatic carbocycles. The topological polar surface area (TPSA) is 24.1 Å². The minimum Gasteiger partial charge on any atom is -0.360 e. The van der Waals surface area contributed by atoms with Crippen molar-refractivity contribution < 1.29 is 0 Å². The second kappa shape index (κ2) is 6.68. The van der Waals surface area contributed by atoms with E-state index >= 15 is 0 Å². The molecule has 0 fully saturated rings. The Morgan fingerprint density at radius 3 is 2.58 bits per heavy atom. The van der Waals surface area contributed by atoms with Crippen molar-refractivity contribution in [3.05, 3.63) is 52.2 Å². The van der Waals surface area contributed by atoms with Crippen molar-refractivity contribution in [3.63, 3.8) is 0 Å². The molecule has 0 bridgehead atoms. The van der Waals surface area contributed by atoms with Crippen LogP contribution in [0.15, 0.2) is 42.5 Å². The second-order valence-corrected chi connectivity index (χ2v) is 6.36. The van der Waals surface area contributed by atoms with E-state index in [0.29, 0.717) is 11.2 Å². The van der Waals surface area contributed by atoms with Crippen molar-refractivity contribution >= 4 is 34.4 Å². The molecule has 1 unspecified atom stereocenters. The fourth-order valence-corrected chi connectivity index (χ4v) is 3.20. The quantitative estimate of drug-likeness (QED) is 0.833. The predicted molar refractivity (Wildman–Crippen MR) is 88.0 cm³/mol. The molecule has 2 aromatic rings. The molecule has 0 amide bonds. The third-order valence-electron chi connectivity index (χ3n) is 2.71. The highest BCUT2D eigenvalue weighted by Crippen LogP contribution is 2.16. The van der Waals surface area contributed by atoms with Crippen molar-refractivity contribution in [1.29, 1.82) is 0 Å². The fraction of sp³-hybridized carbons (Fsp3) is 0.267. The van der Waals surface area contributed by atoms with E-state index in [1.54, 1.807) is 0 Å². The average Bonchev–Trinajstić information content (AvgIpc) is 2.75. The van der Waals surface area contributed by atoms with Gasteiger partial charge in [0.05, 0.1) is 0 Å². The van der Waals surface area contributed by atoms with Gasteiger partial charge in [0.1, 0.15) is 0 Å². The number of thiocarbonyl (C=S) groups is 1. The zero-order valence-electron chi connectivity index (χ0n) is 11.1. The molecule has 4 heteroatoms. The summed E-state index contributed by atoms with van der Waals surface area (Å²) in [5.74, 6) is 0. The molecule has 19 heavy (non-hydrogen) atoms. The van der Waals surface area contributed by atoms with Gasteiger partial charge in [0.2, 0.25) is 0 Å². The van der Waals surface area contributed by atoms with Crippen molar-refractivity contribution in [2.24, 2.45) is 0 Å². The number of hydrogen-bond donors (Lipinski definition) is 2. The van der Waals surface area contributed by atoms with Gasteiger partial charge in [0.15, 0.2) is 5.11 Å². The maximum absolute atomic E-state index is 5.31. The predicted octanol–water partition coefficient (Wildman–Crippen LogP) is 3.97. The monoisotopic (exact) mass is 290 g/mol. The van der Waals surface area contributed by atoms with Crippen molar-refractivity contribution in [2.45, 2.75) is 26.3 Å². The summed E-state index contributed by atoms with van der Waals surface area (Å²) < 4.78 is 0. The van der Waals surface area contributed by atoms with Crippen molar-refractivity contribution in [2.75, 3.05) is 5.32 Å². The maximum atomic E-state index is 5.31. The Labute approximate surface area is 123 Å². The molecule has 0 radical (unpaired) electrons. The Hall–Kier alpha value is -1.39. The molecule has 100 valence electrons. The molecule has 1 aromatic heterocycles. The van der Waals surface area contributed by atoms with Crippen LogP contribution < -0.4 is 10.6 Å². The summed E-state index contributed by atoms with van der Waals surface area (Å²) in [4.78, 5) is 2.74. The maximum Gasteiger partial charge on any atom is 0.170 e. The molecule has 1 atom stereocenters. The summed E-state index contributed by atoms with van der Waals surface area (Å²) in [5, 5.41) is 7.17. The first kappa shape index (κ1) is 14.0. The van der Waals surface area contributed by atoms with Crippen LogP contribution in [0.5, 0.6) is 0 Å². The number of rotatable bonds is 4. The zero-order chi connectivity index (χ0) is 13.7. The van der Waals surface area contributed by atoms with E-state index in [2.05, 4.69) is 36.6 Å². The molecule has 2 rings (SSSR count). The molecule has 1 heterocycles. The number of aryl methyl sites for hydroxylation is 1. The van der Waals surface area contributed by atoms with Crippen LogP contribution in [0, 0.1) is 6.92 Å². The van der Waals surface area contributed by atoms with Gasteiger partial charge >= 0.3 is 0 Å². The highest BCUT2D eigenvalue weighted by Gasteiger charge is 2.07. The van der Waals surface area contributed by atoms with Gasteiger partial charge in [-0.05, 0) is 50.3 Å². The lowest BCUT2D eigenvalue weighted by atomic mass is 10.2. The largest absolute Gasteiger partial charge is 0.360 e. The molecule has 2 N–H and O–H groups in total. The summed E-state index contributed by atoms with van der Waals surface area (Å²) >= 11 is 7.16. The molecule has 0 aliphatic heterocycles. The van der Waals surface area contributed by atoms with Crippen LogP contribution in [0.1, 0.15) is 16.7 Å². The third kappa shape index (κ3) is 4.65. The smallest absolute Gasteiger partial charge is 0.170 e. The first-order valence-electron chi connectivity index (χ1n) is 6.31. The van der Waals surface area contributed by atoms with Crippen LogP contribution in [0.3, 0.4) is 0 Å². The van der Waals surface area contributed by atoms with Gasteiger partial charge in [-0.25, -0.2) is 0 Å². The van der Waals surface area contributed by atoms with Gasteiger partial charge < -0.3 is 10.6 Å². The zero-order valence-corrected chi connectivity index (χ0v) is 12.8. The first-order chi connectivity index (χ1) is 9.13. The Morgan fingerprint density at radius 2 is 1.95 bits per heavy atom. The molecule has 2 nitrogen and oxygen atoms in total. The Bertz CT molecular complexity index is 534. The second-order valence-electron chi connectivity index (χ2n) is 4.58. The van der Waals surface area contributed by atoms with Gasteiger partial charge in [-0.1, -0.05) is 18.2 Å². The van der Waals surface area contributed by atoms with Crippen molar-refractivity contribution in [1.82, 2.24) is 5.32 Å². The number of nitrogens with one attached hydrogen (secondary N) is 2. The minimum absolute atomic E-state index is 0.321. The summed E-state index contributed by atoms with van der Waals surface area (Å²) in [5.41, 5.74) is 1.01. The van der Waals surface area contributed by atoms with Crippen LogP contribution >= 0.6 is 23.6 Å². The highest BCUT2D eigenvalue weighted by molar-refractivity contribution is 7.80. The Morgan fingerprint density at radius 1 is 1.21 bits per heavy atom. The van der Waals surface area contributed by atoms with Crippen LogP contribution in [0.2, 0.25) is 0 Å². The molecule has 0 aliphatic rings. The fourth-order valence-electron chi connectivity index (χ4n) is 1.86. The molecule has 0 saturated carbocycles. The molecule has 0 spiro atoms. The normalized spacial score (nSPS) is 11.9. The summed E-state index contributed by atoms with van der Waals surface area (Å²) in [7, 11) is 0. The van der Waals surface area contributed by atoms with Crippen LogP contribution in [-0.2, 0) is 6.42 Å². The number of thiophene rings is 1. The Kier molecular flexibility index (Phi) is 4.93. The SMILES string of the molecule is Cc1ccc(CC(C)NC(=S)Nc2ccccc2)s1. The summed E-state index contributed by atoms with van der Waals surface area (Å²) in [6.45, 7) is 4.28. The van der Waals surface area contributed by atoms with E-state index in [9.17, 15) is 0 Å². The van der Waals surface area contributed by atoms with Gasteiger partial charge in [-0.3, -0.25) is 0 Å². The van der Waals surface area contributed by atoms with E-state index < -0.39 is 0 Å². The number of hydrogen-bond acceptors (Lipinski definition) is 2. The molecular weight excluding hydrogens is 272 g/mol. The lowest BCUT2D eigenvalue weighted by Crippen LogP contribution is -2.36. The summed E-state index contributed by atoms with van der Waals surface area (Å²) in [6, 6.07) is 14.6. The minimum atomic E-state index is 0.321. The van der Waals surface area contributed by atoms with Gasteiger partial charge in [-0.2, -0.15) is 0 Å². The van der Waals surface area contributed by atoms with Crippen molar-refractivity contribution in [3.8, 4) is 0 Å². The lowest BCUT2D eigenvalue weighted by Gasteiger charge is -2.16. The molecular formula is C15H18N2S2. The molecule has 0 aliphatic carbocycles. The lowest BCUT2D eigenvalue weighted by molar-refractivity contribution is 0.670.